The molecule has 0 amide bonds. The van der Waals surface area contributed by atoms with Gasteiger partial charge in [-0.15, -0.1) is 0 Å². The van der Waals surface area contributed by atoms with Crippen LogP contribution in [-0.4, -0.2) is 23.7 Å². The molecular weight excluding hydrogens is 194 g/mol. The second-order valence-electron chi connectivity index (χ2n) is 3.21. The molecule has 4 heteroatoms. The van der Waals surface area contributed by atoms with E-state index in [2.05, 4.69) is 4.98 Å². The third-order valence-corrected chi connectivity index (χ3v) is 1.97. The summed E-state index contributed by atoms with van der Waals surface area (Å²) in [6, 6.07) is 3.27. The molecule has 0 aliphatic heterocycles. The highest BCUT2D eigenvalue weighted by molar-refractivity contribution is 5.97. The van der Waals surface area contributed by atoms with E-state index in [0.717, 1.165) is 0 Å². The van der Waals surface area contributed by atoms with Gasteiger partial charge in [0.05, 0.1) is 7.11 Å². The van der Waals surface area contributed by atoms with Gasteiger partial charge in [0.25, 0.3) is 0 Å². The van der Waals surface area contributed by atoms with E-state index in [0.29, 0.717) is 11.4 Å². The van der Waals surface area contributed by atoms with E-state index in [9.17, 15) is 9.59 Å². The average molecular weight is 207 g/mol. The molecule has 1 aromatic heterocycles. The maximum atomic E-state index is 11.5. The Kier molecular flexibility index (Phi) is 3.97. The quantitative estimate of drug-likeness (QED) is 0.689. The summed E-state index contributed by atoms with van der Waals surface area (Å²) in [6.07, 6.45) is 1.98. The van der Waals surface area contributed by atoms with Crippen LogP contribution in [0.5, 0.6) is 5.88 Å². The first kappa shape index (κ1) is 11.4. The third kappa shape index (κ3) is 3.50. The number of rotatable bonds is 5. The van der Waals surface area contributed by atoms with Crippen molar-refractivity contribution in [3.05, 3.63) is 23.9 Å². The normalized spacial score (nSPS) is 9.73. The summed E-state index contributed by atoms with van der Waals surface area (Å²) < 4.78 is 4.87. The van der Waals surface area contributed by atoms with Crippen LogP contribution in [0.3, 0.4) is 0 Å². The van der Waals surface area contributed by atoms with Crippen LogP contribution >= 0.6 is 0 Å². The van der Waals surface area contributed by atoms with E-state index in [-0.39, 0.29) is 24.4 Å². The zero-order valence-corrected chi connectivity index (χ0v) is 8.82. The van der Waals surface area contributed by atoms with Crippen LogP contribution in [0.1, 0.15) is 30.1 Å². The molecule has 1 aromatic rings. The molecule has 80 valence electrons. The molecule has 0 spiro atoms. The summed E-state index contributed by atoms with van der Waals surface area (Å²) in [7, 11) is 1.51. The Labute approximate surface area is 88.3 Å². The molecule has 0 radical (unpaired) electrons. The maximum Gasteiger partial charge on any atom is 0.212 e. The summed E-state index contributed by atoms with van der Waals surface area (Å²) in [6.45, 7) is 1.47. The number of hydrogen-bond donors (Lipinski definition) is 0. The largest absolute Gasteiger partial charge is 0.481 e. The summed E-state index contributed by atoms with van der Waals surface area (Å²) >= 11 is 0. The maximum absolute atomic E-state index is 11.5. The van der Waals surface area contributed by atoms with E-state index in [1.807, 2.05) is 0 Å². The SMILES string of the molecule is COc1ccc(C(=O)CCC(C)=O)cn1. The Balaban J connectivity index is 2.62. The fourth-order valence-corrected chi connectivity index (χ4v) is 1.10. The number of pyridine rings is 1. The van der Waals surface area contributed by atoms with Gasteiger partial charge in [0, 0.05) is 30.7 Å². The Bertz CT molecular complexity index is 357. The lowest BCUT2D eigenvalue weighted by atomic mass is 10.1. The van der Waals surface area contributed by atoms with Crippen LogP contribution in [0.4, 0.5) is 0 Å². The van der Waals surface area contributed by atoms with Crippen molar-refractivity contribution >= 4 is 11.6 Å². The van der Waals surface area contributed by atoms with Gasteiger partial charge in [-0.25, -0.2) is 4.98 Å². The first-order valence-corrected chi connectivity index (χ1v) is 4.66. The molecule has 0 unspecified atom stereocenters. The topological polar surface area (TPSA) is 56.3 Å². The van der Waals surface area contributed by atoms with Crippen molar-refractivity contribution in [3.8, 4) is 5.88 Å². The van der Waals surface area contributed by atoms with Crippen molar-refractivity contribution in [2.45, 2.75) is 19.8 Å². The van der Waals surface area contributed by atoms with Crippen molar-refractivity contribution in [2.24, 2.45) is 0 Å². The predicted octanol–water partition coefficient (Wildman–Crippen LogP) is 1.64. The van der Waals surface area contributed by atoms with Crippen LogP contribution < -0.4 is 4.74 Å². The lowest BCUT2D eigenvalue weighted by Crippen LogP contribution is -2.02. The molecule has 1 heterocycles. The Morgan fingerprint density at radius 1 is 1.33 bits per heavy atom. The van der Waals surface area contributed by atoms with Gasteiger partial charge in [-0.3, -0.25) is 4.79 Å². The van der Waals surface area contributed by atoms with Crippen LogP contribution in [-0.2, 0) is 4.79 Å². The van der Waals surface area contributed by atoms with Crippen LogP contribution in [0.25, 0.3) is 0 Å². The molecule has 0 aromatic carbocycles. The van der Waals surface area contributed by atoms with Gasteiger partial charge in [0.15, 0.2) is 5.78 Å². The highest BCUT2D eigenvalue weighted by Gasteiger charge is 2.07. The first-order chi connectivity index (χ1) is 7.13. The van der Waals surface area contributed by atoms with Gasteiger partial charge < -0.3 is 9.53 Å². The molecule has 0 aliphatic carbocycles. The molecule has 0 saturated carbocycles. The average Bonchev–Trinajstić information content (AvgIpc) is 2.26. The number of carbonyl (C=O) groups excluding carboxylic acids is 2. The standard InChI is InChI=1S/C11H13NO3/c1-8(13)3-5-10(14)9-4-6-11(15-2)12-7-9/h4,6-7H,3,5H2,1-2H3. The lowest BCUT2D eigenvalue weighted by Gasteiger charge is -2.00. The minimum atomic E-state index is -0.0691. The van der Waals surface area contributed by atoms with E-state index in [4.69, 9.17) is 4.74 Å². The van der Waals surface area contributed by atoms with Gasteiger partial charge >= 0.3 is 0 Å². The minimum absolute atomic E-state index is 0.0184. The van der Waals surface area contributed by atoms with E-state index in [1.54, 1.807) is 12.1 Å². The summed E-state index contributed by atoms with van der Waals surface area (Å²) in [5.41, 5.74) is 0.511. The van der Waals surface area contributed by atoms with Crippen LogP contribution in [0.15, 0.2) is 18.3 Å². The lowest BCUT2D eigenvalue weighted by molar-refractivity contribution is -0.116. The van der Waals surface area contributed by atoms with Crippen molar-refractivity contribution in [2.75, 3.05) is 7.11 Å². The first-order valence-electron chi connectivity index (χ1n) is 4.66. The van der Waals surface area contributed by atoms with Crippen molar-refractivity contribution < 1.29 is 14.3 Å². The monoisotopic (exact) mass is 207 g/mol. The molecule has 15 heavy (non-hydrogen) atoms. The third-order valence-electron chi connectivity index (χ3n) is 1.97. The predicted molar refractivity (Wildman–Crippen MR) is 55.0 cm³/mol. The van der Waals surface area contributed by atoms with Crippen LogP contribution in [0, 0.1) is 0 Å². The fourth-order valence-electron chi connectivity index (χ4n) is 1.10. The van der Waals surface area contributed by atoms with E-state index < -0.39 is 0 Å². The number of aromatic nitrogens is 1. The van der Waals surface area contributed by atoms with Crippen LogP contribution in [0.2, 0.25) is 0 Å². The molecule has 0 aliphatic rings. The highest BCUT2D eigenvalue weighted by Crippen LogP contribution is 2.09. The summed E-state index contributed by atoms with van der Waals surface area (Å²) in [5, 5.41) is 0. The van der Waals surface area contributed by atoms with E-state index in [1.165, 1.54) is 20.2 Å². The van der Waals surface area contributed by atoms with Crippen molar-refractivity contribution in [3.63, 3.8) is 0 Å². The molecule has 0 bridgehead atoms. The molecule has 0 saturated heterocycles. The number of ether oxygens (including phenoxy) is 1. The number of methoxy groups -OCH3 is 1. The number of ketones is 2. The Hall–Kier alpha value is -1.71. The summed E-state index contributed by atoms with van der Waals surface area (Å²) in [4.78, 5) is 26.1. The van der Waals surface area contributed by atoms with Gasteiger partial charge in [0.1, 0.15) is 5.78 Å². The van der Waals surface area contributed by atoms with Crippen molar-refractivity contribution in [1.82, 2.24) is 4.98 Å². The molecule has 0 N–H and O–H groups in total. The van der Waals surface area contributed by atoms with Crippen molar-refractivity contribution in [1.29, 1.82) is 0 Å². The molecule has 0 atom stereocenters. The number of nitrogens with zero attached hydrogens (tertiary/aromatic N) is 1. The van der Waals surface area contributed by atoms with Gasteiger partial charge in [0.2, 0.25) is 5.88 Å². The highest BCUT2D eigenvalue weighted by atomic mass is 16.5. The zero-order chi connectivity index (χ0) is 11.3. The number of Topliss-reactive ketones (excluding diaryl/α,β-unsaturated/α-hetero) is 2. The fraction of sp³-hybridized carbons (Fsp3) is 0.364. The molecule has 1 rings (SSSR count). The smallest absolute Gasteiger partial charge is 0.212 e. The molecule has 0 fully saturated rings. The van der Waals surface area contributed by atoms with Gasteiger partial charge in [-0.05, 0) is 13.0 Å². The molecular formula is C11H13NO3. The number of carbonyl (C=O) groups is 2. The second-order valence-corrected chi connectivity index (χ2v) is 3.21. The number of hydrogen-bond acceptors (Lipinski definition) is 4. The van der Waals surface area contributed by atoms with Gasteiger partial charge in [-0.2, -0.15) is 0 Å². The zero-order valence-electron chi connectivity index (χ0n) is 8.82. The minimum Gasteiger partial charge on any atom is -0.481 e. The summed E-state index contributed by atoms with van der Waals surface area (Å²) in [5.74, 6) is 0.420. The van der Waals surface area contributed by atoms with Gasteiger partial charge in [-0.1, -0.05) is 0 Å². The van der Waals surface area contributed by atoms with E-state index >= 15 is 0 Å². The Morgan fingerprint density at radius 2 is 2.07 bits per heavy atom. The second kappa shape index (κ2) is 5.24. The Morgan fingerprint density at radius 3 is 2.53 bits per heavy atom. The molecule has 4 nitrogen and oxygen atoms in total.